The van der Waals surface area contributed by atoms with Crippen LogP contribution in [0.15, 0.2) is 24.3 Å². The Labute approximate surface area is 93.6 Å². The largest absolute Gasteiger partial charge is 0.483 e. The summed E-state index contributed by atoms with van der Waals surface area (Å²) in [4.78, 5) is 22.0. The van der Waals surface area contributed by atoms with Crippen molar-refractivity contribution in [2.24, 2.45) is 0 Å². The first-order valence-corrected chi connectivity index (χ1v) is 5.26. The summed E-state index contributed by atoms with van der Waals surface area (Å²) in [5, 5.41) is 2.81. The molecule has 0 heterocycles. The second-order valence-corrected chi connectivity index (χ2v) is 3.79. The highest BCUT2D eigenvalue weighted by molar-refractivity contribution is 5.81. The van der Waals surface area contributed by atoms with Crippen LogP contribution in [0.1, 0.15) is 23.2 Å². The predicted molar refractivity (Wildman–Crippen MR) is 58.5 cm³/mol. The molecule has 0 unspecified atom stereocenters. The summed E-state index contributed by atoms with van der Waals surface area (Å²) in [6.45, 7) is -0.0403. The van der Waals surface area contributed by atoms with Crippen molar-refractivity contribution in [3.63, 3.8) is 0 Å². The predicted octanol–water partition coefficient (Wildman–Crippen LogP) is 1.16. The van der Waals surface area contributed by atoms with E-state index >= 15 is 0 Å². The third-order valence-corrected chi connectivity index (χ3v) is 2.35. The van der Waals surface area contributed by atoms with E-state index in [0.29, 0.717) is 23.6 Å². The van der Waals surface area contributed by atoms with Crippen LogP contribution < -0.4 is 10.1 Å². The third-order valence-electron chi connectivity index (χ3n) is 2.35. The Balaban J connectivity index is 1.87. The lowest BCUT2D eigenvalue weighted by atomic mass is 10.2. The van der Waals surface area contributed by atoms with Gasteiger partial charge in [0, 0.05) is 6.04 Å². The van der Waals surface area contributed by atoms with Gasteiger partial charge in [-0.15, -0.1) is 0 Å². The number of carbonyl (C=O) groups is 2. The van der Waals surface area contributed by atoms with Gasteiger partial charge in [0.2, 0.25) is 0 Å². The van der Waals surface area contributed by atoms with Gasteiger partial charge in [-0.3, -0.25) is 9.59 Å². The first kappa shape index (κ1) is 10.7. The van der Waals surface area contributed by atoms with Crippen molar-refractivity contribution in [3.05, 3.63) is 29.8 Å². The molecule has 0 atom stereocenters. The Morgan fingerprint density at radius 2 is 2.19 bits per heavy atom. The number of rotatable bonds is 5. The van der Waals surface area contributed by atoms with Crippen LogP contribution in [0.3, 0.4) is 0 Å². The molecular formula is C12H13NO3. The van der Waals surface area contributed by atoms with Gasteiger partial charge in [0.15, 0.2) is 12.9 Å². The van der Waals surface area contributed by atoms with Crippen molar-refractivity contribution in [1.29, 1.82) is 0 Å². The molecular weight excluding hydrogens is 206 g/mol. The van der Waals surface area contributed by atoms with Gasteiger partial charge in [0.05, 0.1) is 5.56 Å². The van der Waals surface area contributed by atoms with Crippen LogP contribution >= 0.6 is 0 Å². The van der Waals surface area contributed by atoms with Crippen LogP contribution in [0.4, 0.5) is 0 Å². The molecule has 1 amide bonds. The summed E-state index contributed by atoms with van der Waals surface area (Å²) in [5.41, 5.74) is 0.460. The monoisotopic (exact) mass is 219 g/mol. The number of hydrogen-bond donors (Lipinski definition) is 1. The van der Waals surface area contributed by atoms with E-state index in [9.17, 15) is 9.59 Å². The summed E-state index contributed by atoms with van der Waals surface area (Å²) in [5.74, 6) is 0.312. The molecule has 0 saturated heterocycles. The van der Waals surface area contributed by atoms with Crippen molar-refractivity contribution >= 4 is 12.2 Å². The molecule has 1 aromatic carbocycles. The van der Waals surface area contributed by atoms with E-state index in [1.54, 1.807) is 24.3 Å². The second kappa shape index (κ2) is 4.79. The Hall–Kier alpha value is -1.84. The van der Waals surface area contributed by atoms with Gasteiger partial charge in [-0.2, -0.15) is 0 Å². The molecule has 0 bridgehead atoms. The Morgan fingerprint density at radius 3 is 2.88 bits per heavy atom. The lowest BCUT2D eigenvalue weighted by Gasteiger charge is -2.07. The average Bonchev–Trinajstić information content (AvgIpc) is 3.10. The van der Waals surface area contributed by atoms with E-state index in [4.69, 9.17) is 4.74 Å². The summed E-state index contributed by atoms with van der Waals surface area (Å²) < 4.78 is 5.28. The van der Waals surface area contributed by atoms with Gasteiger partial charge in [-0.1, -0.05) is 12.1 Å². The highest BCUT2D eigenvalue weighted by Crippen LogP contribution is 2.19. The first-order chi connectivity index (χ1) is 7.79. The van der Waals surface area contributed by atoms with Gasteiger partial charge in [0.25, 0.3) is 5.91 Å². The molecule has 1 N–H and O–H groups in total. The number of ether oxygens (including phenoxy) is 1. The minimum Gasteiger partial charge on any atom is -0.483 e. The Morgan fingerprint density at radius 1 is 1.44 bits per heavy atom. The minimum atomic E-state index is -0.136. The van der Waals surface area contributed by atoms with Crippen LogP contribution in [0, 0.1) is 0 Å². The van der Waals surface area contributed by atoms with Crippen LogP contribution in [0.2, 0.25) is 0 Å². The maximum absolute atomic E-state index is 11.3. The third kappa shape index (κ3) is 2.82. The van der Waals surface area contributed by atoms with E-state index in [1.165, 1.54) is 0 Å². The molecule has 0 spiro atoms. The molecule has 1 aromatic rings. The molecule has 1 aliphatic carbocycles. The molecule has 1 aliphatic rings. The molecule has 4 heteroatoms. The van der Waals surface area contributed by atoms with Crippen molar-refractivity contribution in [2.75, 3.05) is 6.61 Å². The molecule has 84 valence electrons. The van der Waals surface area contributed by atoms with Crippen molar-refractivity contribution < 1.29 is 14.3 Å². The number of carbonyl (C=O) groups excluding carboxylic acids is 2. The molecule has 0 radical (unpaired) electrons. The van der Waals surface area contributed by atoms with E-state index in [1.807, 2.05) is 0 Å². The van der Waals surface area contributed by atoms with E-state index < -0.39 is 0 Å². The number of hydrogen-bond acceptors (Lipinski definition) is 3. The van der Waals surface area contributed by atoms with E-state index in [-0.39, 0.29) is 12.5 Å². The summed E-state index contributed by atoms with van der Waals surface area (Å²) >= 11 is 0. The second-order valence-electron chi connectivity index (χ2n) is 3.79. The van der Waals surface area contributed by atoms with Crippen molar-refractivity contribution in [3.8, 4) is 5.75 Å². The summed E-state index contributed by atoms with van der Waals surface area (Å²) in [6.07, 6.45) is 2.82. The number of para-hydroxylation sites is 1. The van der Waals surface area contributed by atoms with Crippen LogP contribution in [0.25, 0.3) is 0 Å². The standard InChI is InChI=1S/C12H13NO3/c14-7-9-3-1-2-4-11(9)16-8-12(15)13-10-5-6-10/h1-4,7,10H,5-6,8H2,(H,13,15). The summed E-state index contributed by atoms with van der Waals surface area (Å²) in [7, 11) is 0. The van der Waals surface area contributed by atoms with Gasteiger partial charge in [-0.05, 0) is 25.0 Å². The zero-order valence-electron chi connectivity index (χ0n) is 8.81. The number of benzene rings is 1. The zero-order chi connectivity index (χ0) is 11.4. The smallest absolute Gasteiger partial charge is 0.258 e. The quantitative estimate of drug-likeness (QED) is 0.756. The maximum atomic E-state index is 11.3. The van der Waals surface area contributed by atoms with Gasteiger partial charge >= 0.3 is 0 Å². The average molecular weight is 219 g/mol. The molecule has 4 nitrogen and oxygen atoms in total. The lowest BCUT2D eigenvalue weighted by Crippen LogP contribution is -2.30. The zero-order valence-corrected chi connectivity index (χ0v) is 8.81. The molecule has 1 saturated carbocycles. The molecule has 16 heavy (non-hydrogen) atoms. The lowest BCUT2D eigenvalue weighted by molar-refractivity contribution is -0.123. The van der Waals surface area contributed by atoms with Gasteiger partial charge in [0.1, 0.15) is 5.75 Å². The number of nitrogens with one attached hydrogen (secondary N) is 1. The minimum absolute atomic E-state index is 0.0403. The summed E-state index contributed by atoms with van der Waals surface area (Å²) in [6, 6.07) is 7.18. The van der Waals surface area contributed by atoms with Crippen LogP contribution in [-0.2, 0) is 4.79 Å². The number of aldehydes is 1. The fourth-order valence-corrected chi connectivity index (χ4v) is 1.35. The first-order valence-electron chi connectivity index (χ1n) is 5.26. The molecule has 0 aliphatic heterocycles. The fraction of sp³-hybridized carbons (Fsp3) is 0.333. The van der Waals surface area contributed by atoms with Crippen molar-refractivity contribution in [1.82, 2.24) is 5.32 Å². The van der Waals surface area contributed by atoms with Crippen molar-refractivity contribution in [2.45, 2.75) is 18.9 Å². The fourth-order valence-electron chi connectivity index (χ4n) is 1.35. The maximum Gasteiger partial charge on any atom is 0.258 e. The van der Waals surface area contributed by atoms with Crippen LogP contribution in [-0.4, -0.2) is 24.8 Å². The van der Waals surface area contributed by atoms with Gasteiger partial charge < -0.3 is 10.1 Å². The van der Waals surface area contributed by atoms with E-state index in [2.05, 4.69) is 5.32 Å². The topological polar surface area (TPSA) is 55.4 Å². The molecule has 1 fully saturated rings. The van der Waals surface area contributed by atoms with Crippen LogP contribution in [0.5, 0.6) is 5.75 Å². The number of amides is 1. The van der Waals surface area contributed by atoms with Gasteiger partial charge in [-0.25, -0.2) is 0 Å². The SMILES string of the molecule is O=Cc1ccccc1OCC(=O)NC1CC1. The van der Waals surface area contributed by atoms with E-state index in [0.717, 1.165) is 12.8 Å². The highest BCUT2D eigenvalue weighted by Gasteiger charge is 2.23. The molecule has 0 aromatic heterocycles. The normalized spacial score (nSPS) is 14.2. The Kier molecular flexibility index (Phi) is 3.19. The molecule has 2 rings (SSSR count). The highest BCUT2D eigenvalue weighted by atomic mass is 16.5. The Bertz CT molecular complexity index is 399.